The molecule has 1 heterocycles. The van der Waals surface area contributed by atoms with E-state index >= 15 is 0 Å². The summed E-state index contributed by atoms with van der Waals surface area (Å²) in [6.07, 6.45) is 1.86. The highest BCUT2D eigenvalue weighted by molar-refractivity contribution is 9.10. The highest BCUT2D eigenvalue weighted by Gasteiger charge is 2.08. The predicted molar refractivity (Wildman–Crippen MR) is 124 cm³/mol. The maximum Gasteiger partial charge on any atom is 0.156 e. The lowest BCUT2D eigenvalue weighted by Crippen LogP contribution is -1.95. The number of thiazole rings is 1. The van der Waals surface area contributed by atoms with Crippen molar-refractivity contribution < 1.29 is 4.74 Å². The van der Waals surface area contributed by atoms with Crippen LogP contribution >= 0.6 is 39.0 Å². The number of nitriles is 1. The van der Waals surface area contributed by atoms with Crippen LogP contribution in [0.25, 0.3) is 16.3 Å². The normalized spacial score (nSPS) is 11.4. The van der Waals surface area contributed by atoms with E-state index in [0.29, 0.717) is 11.5 Å². The third-order valence-corrected chi connectivity index (χ3v) is 6.72. The minimum Gasteiger partial charge on any atom is -0.488 e. The lowest BCUT2D eigenvalue weighted by Gasteiger charge is -2.09. The smallest absolute Gasteiger partial charge is 0.156 e. The maximum absolute atomic E-state index is 9.56. The fourth-order valence-electron chi connectivity index (χ4n) is 2.68. The standard InChI is InChI=1S/C23H15BrN2OS2/c24-19-13-17(10-11-21(19)27-15-16-6-2-1-3-7-16)12-18(14-25)28-23-26-20-8-4-5-9-22(20)29-23/h1-13H,15H2/b18-12+. The van der Waals surface area contributed by atoms with Crippen LogP contribution in [0.15, 0.2) is 86.5 Å². The molecular weight excluding hydrogens is 464 g/mol. The van der Waals surface area contributed by atoms with Crippen LogP contribution in [0.4, 0.5) is 0 Å². The van der Waals surface area contributed by atoms with E-state index in [1.54, 1.807) is 11.3 Å². The van der Waals surface area contributed by atoms with Crippen molar-refractivity contribution in [3.63, 3.8) is 0 Å². The Balaban J connectivity index is 1.48. The van der Waals surface area contributed by atoms with E-state index in [9.17, 15) is 5.26 Å². The molecule has 1 aromatic heterocycles. The molecule has 0 saturated heterocycles. The number of aromatic nitrogens is 1. The van der Waals surface area contributed by atoms with Crippen LogP contribution in [0.1, 0.15) is 11.1 Å². The van der Waals surface area contributed by atoms with Gasteiger partial charge in [0.05, 0.1) is 19.6 Å². The van der Waals surface area contributed by atoms with Gasteiger partial charge in [-0.1, -0.05) is 48.5 Å². The van der Waals surface area contributed by atoms with E-state index in [1.807, 2.05) is 78.9 Å². The van der Waals surface area contributed by atoms with Crippen molar-refractivity contribution >= 4 is 55.3 Å². The molecule has 29 heavy (non-hydrogen) atoms. The Morgan fingerprint density at radius 1 is 1.10 bits per heavy atom. The second kappa shape index (κ2) is 9.27. The van der Waals surface area contributed by atoms with Gasteiger partial charge in [-0.05, 0) is 69.2 Å². The molecule has 0 bridgehead atoms. The minimum atomic E-state index is 0.505. The zero-order valence-electron chi connectivity index (χ0n) is 15.2. The molecule has 0 atom stereocenters. The van der Waals surface area contributed by atoms with Crippen molar-refractivity contribution in [2.24, 2.45) is 0 Å². The molecular formula is C23H15BrN2OS2. The fraction of sp³-hybridized carbons (Fsp3) is 0.0435. The van der Waals surface area contributed by atoms with Crippen LogP contribution in [-0.4, -0.2) is 4.98 Å². The predicted octanol–water partition coefficient (Wildman–Crippen LogP) is 7.29. The Kier molecular flexibility index (Phi) is 6.30. The Morgan fingerprint density at radius 3 is 2.66 bits per heavy atom. The number of ether oxygens (including phenoxy) is 1. The largest absolute Gasteiger partial charge is 0.488 e. The topological polar surface area (TPSA) is 45.9 Å². The number of allylic oxidation sites excluding steroid dienone is 1. The molecule has 0 saturated carbocycles. The number of thioether (sulfide) groups is 1. The molecule has 3 aromatic carbocycles. The van der Waals surface area contributed by atoms with E-state index in [-0.39, 0.29) is 0 Å². The number of benzene rings is 3. The van der Waals surface area contributed by atoms with Crippen LogP contribution in [-0.2, 0) is 6.61 Å². The van der Waals surface area contributed by atoms with Gasteiger partial charge in [0.15, 0.2) is 4.34 Å². The van der Waals surface area contributed by atoms with Gasteiger partial charge in [0, 0.05) is 0 Å². The first-order valence-electron chi connectivity index (χ1n) is 8.83. The summed E-state index contributed by atoms with van der Waals surface area (Å²) in [5.74, 6) is 0.767. The van der Waals surface area contributed by atoms with Crippen molar-refractivity contribution in [3.05, 3.63) is 93.3 Å². The summed E-state index contributed by atoms with van der Waals surface area (Å²) in [5.41, 5.74) is 3.00. The van der Waals surface area contributed by atoms with E-state index in [1.165, 1.54) is 11.8 Å². The first kappa shape index (κ1) is 19.7. The van der Waals surface area contributed by atoms with Crippen molar-refractivity contribution in [1.82, 2.24) is 4.98 Å². The van der Waals surface area contributed by atoms with Crippen molar-refractivity contribution in [1.29, 1.82) is 5.26 Å². The van der Waals surface area contributed by atoms with E-state index < -0.39 is 0 Å². The quantitative estimate of drug-likeness (QED) is 0.215. The molecule has 6 heteroatoms. The third-order valence-electron chi connectivity index (χ3n) is 4.07. The highest BCUT2D eigenvalue weighted by Crippen LogP contribution is 2.35. The number of nitrogens with zero attached hydrogens (tertiary/aromatic N) is 2. The van der Waals surface area contributed by atoms with Gasteiger partial charge in [-0.15, -0.1) is 11.3 Å². The minimum absolute atomic E-state index is 0.505. The molecule has 0 aliphatic rings. The van der Waals surface area contributed by atoms with Crippen LogP contribution in [0.2, 0.25) is 0 Å². The highest BCUT2D eigenvalue weighted by atomic mass is 79.9. The molecule has 0 aliphatic carbocycles. The molecule has 0 fully saturated rings. The molecule has 0 unspecified atom stereocenters. The van der Waals surface area contributed by atoms with Crippen molar-refractivity contribution in [2.45, 2.75) is 10.9 Å². The number of hydrogen-bond donors (Lipinski definition) is 0. The molecule has 0 spiro atoms. The van der Waals surface area contributed by atoms with Crippen LogP contribution < -0.4 is 4.74 Å². The zero-order chi connectivity index (χ0) is 20.1. The van der Waals surface area contributed by atoms with Crippen molar-refractivity contribution in [3.8, 4) is 11.8 Å². The summed E-state index contributed by atoms with van der Waals surface area (Å²) in [6.45, 7) is 0.505. The number of rotatable bonds is 6. The van der Waals surface area contributed by atoms with Gasteiger partial charge in [-0.25, -0.2) is 4.98 Å². The van der Waals surface area contributed by atoms with Crippen molar-refractivity contribution in [2.75, 3.05) is 0 Å². The van der Waals surface area contributed by atoms with Gasteiger partial charge < -0.3 is 4.74 Å². The molecule has 4 rings (SSSR count). The molecule has 0 radical (unpaired) electrons. The molecule has 3 nitrogen and oxygen atoms in total. The van der Waals surface area contributed by atoms with Gasteiger partial charge in [-0.3, -0.25) is 0 Å². The summed E-state index contributed by atoms with van der Waals surface area (Å²) in [4.78, 5) is 5.18. The van der Waals surface area contributed by atoms with Gasteiger partial charge in [0.1, 0.15) is 18.4 Å². The Labute approximate surface area is 185 Å². The Morgan fingerprint density at radius 2 is 1.90 bits per heavy atom. The number of halogens is 1. The summed E-state index contributed by atoms with van der Waals surface area (Å²) in [7, 11) is 0. The monoisotopic (exact) mass is 478 g/mol. The average molecular weight is 479 g/mol. The van der Waals surface area contributed by atoms with Gasteiger partial charge in [0.25, 0.3) is 0 Å². The number of fused-ring (bicyclic) bond motifs is 1. The zero-order valence-corrected chi connectivity index (χ0v) is 18.4. The van der Waals surface area contributed by atoms with Gasteiger partial charge in [-0.2, -0.15) is 5.26 Å². The third kappa shape index (κ3) is 5.07. The first-order chi connectivity index (χ1) is 14.2. The number of para-hydroxylation sites is 1. The summed E-state index contributed by atoms with van der Waals surface area (Å²) in [6, 6.07) is 26.1. The molecule has 0 N–H and O–H groups in total. The van der Waals surface area contributed by atoms with Gasteiger partial charge in [0.2, 0.25) is 0 Å². The average Bonchev–Trinajstić information content (AvgIpc) is 3.16. The summed E-state index contributed by atoms with van der Waals surface area (Å²) in [5, 5.41) is 9.56. The fourth-order valence-corrected chi connectivity index (χ4v) is 5.17. The summed E-state index contributed by atoms with van der Waals surface area (Å²) >= 11 is 6.55. The van der Waals surface area contributed by atoms with Gasteiger partial charge >= 0.3 is 0 Å². The Bertz CT molecular complexity index is 1180. The van der Waals surface area contributed by atoms with E-state index in [4.69, 9.17) is 4.74 Å². The van der Waals surface area contributed by atoms with E-state index in [2.05, 4.69) is 27.0 Å². The summed E-state index contributed by atoms with van der Waals surface area (Å²) < 4.78 is 8.73. The Hall–Kier alpha value is -2.59. The second-order valence-electron chi connectivity index (χ2n) is 6.13. The second-order valence-corrected chi connectivity index (χ2v) is 9.31. The van der Waals surface area contributed by atoms with Crippen LogP contribution in [0, 0.1) is 11.3 Å². The molecule has 142 valence electrons. The maximum atomic E-state index is 9.56. The van der Waals surface area contributed by atoms with E-state index in [0.717, 1.165) is 35.9 Å². The molecule has 4 aromatic rings. The molecule has 0 aliphatic heterocycles. The lowest BCUT2D eigenvalue weighted by molar-refractivity contribution is 0.304. The number of hydrogen-bond acceptors (Lipinski definition) is 5. The van der Waals surface area contributed by atoms with Crippen LogP contribution in [0.5, 0.6) is 5.75 Å². The SMILES string of the molecule is N#C/C(=C\c1ccc(OCc2ccccc2)c(Br)c1)Sc1nc2ccccc2s1. The van der Waals surface area contributed by atoms with Crippen LogP contribution in [0.3, 0.4) is 0 Å². The first-order valence-corrected chi connectivity index (χ1v) is 11.3. The molecule has 0 amide bonds. The lowest BCUT2D eigenvalue weighted by atomic mass is 10.2.